The Hall–Kier alpha value is -1.92. The van der Waals surface area contributed by atoms with Gasteiger partial charge < -0.3 is 14.8 Å². The molecule has 1 amide bonds. The van der Waals surface area contributed by atoms with Crippen LogP contribution in [0.1, 0.15) is 17.8 Å². The van der Waals surface area contributed by atoms with E-state index < -0.39 is 0 Å². The Morgan fingerprint density at radius 2 is 2.04 bits per heavy atom. The number of ether oxygens (including phenoxy) is 2. The number of aromatic nitrogens is 1. The van der Waals surface area contributed by atoms with Crippen molar-refractivity contribution in [2.75, 3.05) is 27.4 Å². The minimum Gasteiger partial charge on any atom is -0.497 e. The summed E-state index contributed by atoms with van der Waals surface area (Å²) in [6, 6.07) is 7.81. The summed E-state index contributed by atoms with van der Waals surface area (Å²) < 4.78 is 10.1. The zero-order chi connectivity index (χ0) is 16.5. The summed E-state index contributed by atoms with van der Waals surface area (Å²) in [5.74, 6) is 0.886. The molecule has 1 heterocycles. The quantitative estimate of drug-likeness (QED) is 0.716. The van der Waals surface area contributed by atoms with Crippen LogP contribution in [0.4, 0.5) is 0 Å². The zero-order valence-electron chi connectivity index (χ0n) is 13.5. The van der Waals surface area contributed by atoms with Gasteiger partial charge >= 0.3 is 0 Å². The lowest BCUT2D eigenvalue weighted by molar-refractivity contribution is -0.121. The minimum atomic E-state index is 0.0577. The Morgan fingerprint density at radius 1 is 1.26 bits per heavy atom. The number of rotatable bonds is 9. The second-order valence-electron chi connectivity index (χ2n) is 5.05. The molecule has 1 N–H and O–H groups in total. The molecule has 0 radical (unpaired) electrons. The van der Waals surface area contributed by atoms with E-state index in [4.69, 9.17) is 9.47 Å². The van der Waals surface area contributed by atoms with Crippen molar-refractivity contribution >= 4 is 17.2 Å². The summed E-state index contributed by atoms with van der Waals surface area (Å²) in [7, 11) is 3.31. The van der Waals surface area contributed by atoms with Gasteiger partial charge in [0, 0.05) is 44.0 Å². The van der Waals surface area contributed by atoms with Gasteiger partial charge in [0.25, 0.3) is 0 Å². The number of carbonyl (C=O) groups is 1. The first-order valence-corrected chi connectivity index (χ1v) is 8.45. The number of benzene rings is 1. The van der Waals surface area contributed by atoms with Gasteiger partial charge in [-0.1, -0.05) is 0 Å². The number of hydrogen-bond acceptors (Lipinski definition) is 5. The Morgan fingerprint density at radius 3 is 2.74 bits per heavy atom. The Bertz CT molecular complexity index is 611. The molecule has 0 aliphatic carbocycles. The number of nitrogens with one attached hydrogen (secondary N) is 1. The van der Waals surface area contributed by atoms with Crippen LogP contribution in [0.5, 0.6) is 5.75 Å². The lowest BCUT2D eigenvalue weighted by atomic mass is 10.2. The van der Waals surface area contributed by atoms with Crippen LogP contribution in [0.2, 0.25) is 0 Å². The summed E-state index contributed by atoms with van der Waals surface area (Å²) in [5.41, 5.74) is 1.99. The van der Waals surface area contributed by atoms with E-state index in [1.54, 1.807) is 25.6 Å². The van der Waals surface area contributed by atoms with E-state index in [0.717, 1.165) is 28.4 Å². The van der Waals surface area contributed by atoms with Crippen LogP contribution in [-0.2, 0) is 16.0 Å². The Labute approximate surface area is 140 Å². The van der Waals surface area contributed by atoms with Gasteiger partial charge in [0.05, 0.1) is 17.8 Å². The lowest BCUT2D eigenvalue weighted by Gasteiger charge is -2.03. The molecule has 0 aliphatic heterocycles. The number of carbonyl (C=O) groups excluding carboxylic acids is 1. The van der Waals surface area contributed by atoms with Gasteiger partial charge in [-0.2, -0.15) is 0 Å². The molecule has 1 aromatic heterocycles. The average molecular weight is 334 g/mol. The van der Waals surface area contributed by atoms with Crippen molar-refractivity contribution in [3.63, 3.8) is 0 Å². The molecule has 0 fully saturated rings. The number of hydrogen-bond donors (Lipinski definition) is 1. The van der Waals surface area contributed by atoms with E-state index in [1.807, 2.05) is 29.6 Å². The van der Waals surface area contributed by atoms with Gasteiger partial charge in [-0.25, -0.2) is 4.98 Å². The maximum absolute atomic E-state index is 11.7. The molecule has 0 atom stereocenters. The summed E-state index contributed by atoms with van der Waals surface area (Å²) >= 11 is 1.59. The number of thiazole rings is 1. The fourth-order valence-electron chi connectivity index (χ4n) is 2.07. The third-order valence-corrected chi connectivity index (χ3v) is 4.26. The highest BCUT2D eigenvalue weighted by molar-refractivity contribution is 7.09. The fourth-order valence-corrected chi connectivity index (χ4v) is 2.88. The lowest BCUT2D eigenvalue weighted by Crippen LogP contribution is -2.25. The van der Waals surface area contributed by atoms with Gasteiger partial charge in [-0.05, 0) is 30.7 Å². The maximum Gasteiger partial charge on any atom is 0.220 e. The largest absolute Gasteiger partial charge is 0.497 e. The first kappa shape index (κ1) is 17.4. The van der Waals surface area contributed by atoms with Crippen molar-refractivity contribution in [2.45, 2.75) is 19.3 Å². The van der Waals surface area contributed by atoms with Crippen molar-refractivity contribution in [2.24, 2.45) is 0 Å². The number of methoxy groups -OCH3 is 2. The van der Waals surface area contributed by atoms with Crippen LogP contribution < -0.4 is 10.1 Å². The summed E-state index contributed by atoms with van der Waals surface area (Å²) in [6.45, 7) is 1.32. The highest BCUT2D eigenvalue weighted by atomic mass is 32.1. The number of aryl methyl sites for hydroxylation is 1. The van der Waals surface area contributed by atoms with Gasteiger partial charge in [0.2, 0.25) is 5.91 Å². The van der Waals surface area contributed by atoms with Gasteiger partial charge in [-0.3, -0.25) is 4.79 Å². The molecular formula is C17H22N2O3S. The van der Waals surface area contributed by atoms with Crippen LogP contribution in [0, 0.1) is 0 Å². The molecule has 0 spiro atoms. The van der Waals surface area contributed by atoms with Crippen LogP contribution >= 0.6 is 11.3 Å². The SMILES string of the molecule is COCCCNC(=O)CCc1nc(-c2ccc(OC)cc2)cs1. The molecule has 2 aromatic rings. The highest BCUT2D eigenvalue weighted by Gasteiger charge is 2.07. The molecule has 0 unspecified atom stereocenters. The summed E-state index contributed by atoms with van der Waals surface area (Å²) in [6.07, 6.45) is 1.96. The predicted molar refractivity (Wildman–Crippen MR) is 91.9 cm³/mol. The first-order valence-electron chi connectivity index (χ1n) is 7.57. The molecule has 0 bridgehead atoms. The molecule has 23 heavy (non-hydrogen) atoms. The third-order valence-electron chi connectivity index (χ3n) is 3.35. The van der Waals surface area contributed by atoms with Crippen molar-refractivity contribution in [3.05, 3.63) is 34.7 Å². The van der Waals surface area contributed by atoms with Gasteiger partial charge in [-0.15, -0.1) is 11.3 Å². The molecule has 2 rings (SSSR count). The fraction of sp³-hybridized carbons (Fsp3) is 0.412. The molecule has 6 heteroatoms. The Kier molecular flexibility index (Phi) is 7.03. The molecule has 1 aromatic carbocycles. The van der Waals surface area contributed by atoms with Crippen LogP contribution in [-0.4, -0.2) is 38.3 Å². The van der Waals surface area contributed by atoms with E-state index in [0.29, 0.717) is 26.0 Å². The molecule has 0 saturated carbocycles. The number of nitrogens with zero attached hydrogens (tertiary/aromatic N) is 1. The average Bonchev–Trinajstić information content (AvgIpc) is 3.06. The molecule has 124 valence electrons. The Balaban J connectivity index is 1.81. The van der Waals surface area contributed by atoms with E-state index >= 15 is 0 Å². The van der Waals surface area contributed by atoms with Crippen molar-refractivity contribution in [1.82, 2.24) is 10.3 Å². The molecule has 0 saturated heterocycles. The third kappa shape index (κ3) is 5.65. The van der Waals surface area contributed by atoms with E-state index in [9.17, 15) is 4.79 Å². The smallest absolute Gasteiger partial charge is 0.220 e. The van der Waals surface area contributed by atoms with E-state index in [-0.39, 0.29) is 5.91 Å². The molecular weight excluding hydrogens is 312 g/mol. The van der Waals surface area contributed by atoms with Crippen molar-refractivity contribution < 1.29 is 14.3 Å². The van der Waals surface area contributed by atoms with E-state index in [2.05, 4.69) is 10.3 Å². The monoisotopic (exact) mass is 334 g/mol. The number of amides is 1. The van der Waals surface area contributed by atoms with E-state index in [1.165, 1.54) is 0 Å². The topological polar surface area (TPSA) is 60.5 Å². The van der Waals surface area contributed by atoms with Crippen LogP contribution in [0.15, 0.2) is 29.6 Å². The van der Waals surface area contributed by atoms with Crippen molar-refractivity contribution in [1.29, 1.82) is 0 Å². The predicted octanol–water partition coefficient (Wildman–Crippen LogP) is 2.90. The normalized spacial score (nSPS) is 10.5. The second-order valence-corrected chi connectivity index (χ2v) is 5.99. The van der Waals surface area contributed by atoms with Crippen molar-refractivity contribution in [3.8, 4) is 17.0 Å². The standard InChI is InChI=1S/C17H22N2O3S/c1-21-11-3-10-18-16(20)8-9-17-19-15(12-23-17)13-4-6-14(22-2)7-5-13/h4-7,12H,3,8-11H2,1-2H3,(H,18,20). The second kappa shape index (κ2) is 9.27. The maximum atomic E-state index is 11.7. The van der Waals surface area contributed by atoms with Crippen LogP contribution in [0.3, 0.4) is 0 Å². The first-order chi connectivity index (χ1) is 11.2. The van der Waals surface area contributed by atoms with Crippen LogP contribution in [0.25, 0.3) is 11.3 Å². The zero-order valence-corrected chi connectivity index (χ0v) is 14.3. The molecule has 5 nitrogen and oxygen atoms in total. The molecule has 0 aliphatic rings. The van der Waals surface area contributed by atoms with Gasteiger partial charge in [0.15, 0.2) is 0 Å². The summed E-state index contributed by atoms with van der Waals surface area (Å²) in [4.78, 5) is 16.3. The van der Waals surface area contributed by atoms with Gasteiger partial charge in [0.1, 0.15) is 5.75 Å². The summed E-state index contributed by atoms with van der Waals surface area (Å²) in [5, 5.41) is 5.88. The minimum absolute atomic E-state index is 0.0577. The highest BCUT2D eigenvalue weighted by Crippen LogP contribution is 2.24.